The third-order valence-corrected chi connectivity index (χ3v) is 10.4. The van der Waals surface area contributed by atoms with Crippen LogP contribution in [0.25, 0.3) is 0 Å². The Bertz CT molecular complexity index is 1120. The van der Waals surface area contributed by atoms with Crippen LogP contribution in [0.15, 0.2) is 72.9 Å². The van der Waals surface area contributed by atoms with Crippen LogP contribution < -0.4 is 5.32 Å². The summed E-state index contributed by atoms with van der Waals surface area (Å²) >= 11 is 0. The molecule has 0 heterocycles. The van der Waals surface area contributed by atoms with Crippen molar-refractivity contribution in [2.75, 3.05) is 5.75 Å². The minimum absolute atomic E-state index is 0.253. The molecule has 0 spiro atoms. The number of aliphatic hydroxyl groups is 1. The Kier molecular flexibility index (Phi) is 38.8. The van der Waals surface area contributed by atoms with Gasteiger partial charge in [-0.1, -0.05) is 202 Å². The first-order valence-electron chi connectivity index (χ1n) is 22.1. The number of rotatable bonds is 39. The van der Waals surface area contributed by atoms with Gasteiger partial charge in [-0.3, -0.25) is 9.35 Å². The number of unbranched alkanes of at least 4 members (excludes halogenated alkanes) is 21. The standard InChI is InChI=1S/C47H83NO5S/c1-3-5-7-9-11-13-15-17-19-21-23-25-26-28-30-32-34-36-38-40-42-46(49)45(44-54(51,52)53)48-47(50)43-41-39-37-35-33-31-29-27-24-22-20-18-16-14-12-10-8-6-4-2/h6,8,12,14,18,20,24,27,31,33,40,42,45-46,49H,3-5,7,9-11,13,15-17,19,21-23,25-26,28-30,32,34-39,41,43-44H2,1-2H3,(H,48,50)(H,51,52,53)/b8-6-,14-12-,20-18-,27-24-,33-31-,42-40+. The number of aliphatic hydroxyl groups excluding tert-OH is 1. The third-order valence-electron chi connectivity index (χ3n) is 9.64. The molecule has 0 saturated heterocycles. The fourth-order valence-corrected chi connectivity index (χ4v) is 7.09. The Labute approximate surface area is 334 Å². The highest BCUT2D eigenvalue weighted by atomic mass is 32.2. The smallest absolute Gasteiger partial charge is 0.267 e. The SMILES string of the molecule is CC/C=C\C/C=C\C/C=C\C/C=C\C/C=C\CCCCCC(=O)NC(CS(=O)(=O)O)C(O)/C=C/CCCCCCCCCCCCCCCCCCCC. The molecule has 0 radical (unpaired) electrons. The summed E-state index contributed by atoms with van der Waals surface area (Å²) in [6.45, 7) is 4.42. The van der Waals surface area contributed by atoms with E-state index in [1.165, 1.54) is 103 Å². The summed E-state index contributed by atoms with van der Waals surface area (Å²) < 4.78 is 32.6. The number of carbonyl (C=O) groups excluding carboxylic acids is 1. The average molecular weight is 774 g/mol. The van der Waals surface area contributed by atoms with Gasteiger partial charge in [0.1, 0.15) is 0 Å². The van der Waals surface area contributed by atoms with Crippen molar-refractivity contribution in [3.05, 3.63) is 72.9 Å². The lowest BCUT2D eigenvalue weighted by molar-refractivity contribution is -0.122. The van der Waals surface area contributed by atoms with Crippen LogP contribution in [-0.2, 0) is 14.9 Å². The number of carbonyl (C=O) groups is 1. The zero-order chi connectivity index (χ0) is 39.6. The van der Waals surface area contributed by atoms with Crippen molar-refractivity contribution in [1.82, 2.24) is 5.32 Å². The molecule has 0 aromatic heterocycles. The normalized spacial score (nSPS) is 13.9. The number of hydrogen-bond acceptors (Lipinski definition) is 4. The first-order valence-corrected chi connectivity index (χ1v) is 23.7. The van der Waals surface area contributed by atoms with Crippen LogP contribution in [0.2, 0.25) is 0 Å². The first kappa shape index (κ1) is 51.8. The predicted molar refractivity (Wildman–Crippen MR) is 234 cm³/mol. The van der Waals surface area contributed by atoms with Crippen LogP contribution in [-0.4, -0.2) is 41.9 Å². The van der Waals surface area contributed by atoms with Gasteiger partial charge in [0, 0.05) is 6.42 Å². The highest BCUT2D eigenvalue weighted by molar-refractivity contribution is 7.85. The summed E-state index contributed by atoms with van der Waals surface area (Å²) in [4.78, 5) is 12.5. The second kappa shape index (κ2) is 40.4. The fourth-order valence-electron chi connectivity index (χ4n) is 6.36. The number of allylic oxidation sites excluding steroid dienone is 11. The number of hydrogen-bond donors (Lipinski definition) is 3. The summed E-state index contributed by atoms with van der Waals surface area (Å²) in [5.74, 6) is -1.03. The topological polar surface area (TPSA) is 104 Å². The maximum atomic E-state index is 12.5. The van der Waals surface area contributed by atoms with Crippen molar-refractivity contribution >= 4 is 16.0 Å². The molecule has 0 aromatic rings. The maximum Gasteiger partial charge on any atom is 0.267 e. The van der Waals surface area contributed by atoms with E-state index in [0.717, 1.165) is 70.6 Å². The lowest BCUT2D eigenvalue weighted by atomic mass is 10.0. The molecule has 0 bridgehead atoms. The molecule has 3 N–H and O–H groups in total. The highest BCUT2D eigenvalue weighted by Gasteiger charge is 2.24. The Balaban J connectivity index is 3.96. The van der Waals surface area contributed by atoms with E-state index in [2.05, 4.69) is 79.9 Å². The molecule has 0 aliphatic heterocycles. The molecular formula is C47H83NO5S. The lowest BCUT2D eigenvalue weighted by Crippen LogP contribution is -2.46. The molecule has 2 unspecified atom stereocenters. The van der Waals surface area contributed by atoms with Crippen molar-refractivity contribution in [3.63, 3.8) is 0 Å². The van der Waals surface area contributed by atoms with Gasteiger partial charge in [-0.05, 0) is 64.2 Å². The second-order valence-corrected chi connectivity index (χ2v) is 16.4. The second-order valence-electron chi connectivity index (χ2n) is 14.9. The van der Waals surface area contributed by atoms with Crippen molar-refractivity contribution in [2.24, 2.45) is 0 Å². The molecule has 0 fully saturated rings. The Morgan fingerprint density at radius 1 is 0.519 bits per heavy atom. The third kappa shape index (κ3) is 41.0. The first-order chi connectivity index (χ1) is 26.3. The van der Waals surface area contributed by atoms with E-state index >= 15 is 0 Å². The Morgan fingerprint density at radius 3 is 1.31 bits per heavy atom. The van der Waals surface area contributed by atoms with Crippen LogP contribution in [0.4, 0.5) is 0 Å². The molecule has 0 rings (SSSR count). The minimum Gasteiger partial charge on any atom is -0.387 e. The van der Waals surface area contributed by atoms with E-state index in [1.54, 1.807) is 6.08 Å². The Hall–Kier alpha value is -2.22. The van der Waals surface area contributed by atoms with Crippen LogP contribution in [0.3, 0.4) is 0 Å². The van der Waals surface area contributed by atoms with E-state index in [-0.39, 0.29) is 12.3 Å². The van der Waals surface area contributed by atoms with Gasteiger partial charge in [0.2, 0.25) is 5.91 Å². The van der Waals surface area contributed by atoms with Crippen molar-refractivity contribution in [2.45, 2.75) is 212 Å². The van der Waals surface area contributed by atoms with Gasteiger partial charge >= 0.3 is 0 Å². The highest BCUT2D eigenvalue weighted by Crippen LogP contribution is 2.15. The maximum absolute atomic E-state index is 12.5. The molecule has 312 valence electrons. The molecule has 54 heavy (non-hydrogen) atoms. The van der Waals surface area contributed by atoms with Crippen molar-refractivity contribution in [1.29, 1.82) is 0 Å². The number of nitrogens with one attached hydrogen (secondary N) is 1. The predicted octanol–water partition coefficient (Wildman–Crippen LogP) is 13.4. The molecular weight excluding hydrogens is 691 g/mol. The van der Waals surface area contributed by atoms with Crippen LogP contribution in [0.5, 0.6) is 0 Å². The zero-order valence-electron chi connectivity index (χ0n) is 34.8. The molecule has 0 saturated carbocycles. The number of amides is 1. The van der Waals surface area contributed by atoms with Gasteiger partial charge in [0.15, 0.2) is 0 Å². The average Bonchev–Trinajstić information content (AvgIpc) is 3.14. The van der Waals surface area contributed by atoms with Gasteiger partial charge in [0.25, 0.3) is 10.1 Å². The van der Waals surface area contributed by atoms with E-state index in [4.69, 9.17) is 0 Å². The summed E-state index contributed by atoms with van der Waals surface area (Å²) in [5.41, 5.74) is 0. The summed E-state index contributed by atoms with van der Waals surface area (Å²) in [5, 5.41) is 13.2. The van der Waals surface area contributed by atoms with Gasteiger partial charge in [-0.2, -0.15) is 8.42 Å². The quantitative estimate of drug-likeness (QED) is 0.0328. The molecule has 7 heteroatoms. The summed E-state index contributed by atoms with van der Waals surface area (Å²) in [7, 11) is -4.36. The fraction of sp³-hybridized carbons (Fsp3) is 0.723. The van der Waals surface area contributed by atoms with Crippen molar-refractivity contribution < 1.29 is 22.9 Å². The monoisotopic (exact) mass is 774 g/mol. The lowest BCUT2D eigenvalue weighted by Gasteiger charge is -2.21. The van der Waals surface area contributed by atoms with Gasteiger partial charge in [-0.15, -0.1) is 0 Å². The van der Waals surface area contributed by atoms with Gasteiger partial charge in [-0.25, -0.2) is 0 Å². The Morgan fingerprint density at radius 2 is 0.889 bits per heavy atom. The molecule has 0 aliphatic rings. The molecule has 2 atom stereocenters. The largest absolute Gasteiger partial charge is 0.387 e. The summed E-state index contributed by atoms with van der Waals surface area (Å²) in [6.07, 6.45) is 57.5. The zero-order valence-corrected chi connectivity index (χ0v) is 35.6. The van der Waals surface area contributed by atoms with Gasteiger partial charge < -0.3 is 10.4 Å². The van der Waals surface area contributed by atoms with Crippen LogP contribution >= 0.6 is 0 Å². The van der Waals surface area contributed by atoms with E-state index in [9.17, 15) is 22.9 Å². The van der Waals surface area contributed by atoms with E-state index in [1.807, 2.05) is 6.08 Å². The van der Waals surface area contributed by atoms with Crippen molar-refractivity contribution in [3.8, 4) is 0 Å². The minimum atomic E-state index is -4.36. The molecule has 0 aliphatic carbocycles. The van der Waals surface area contributed by atoms with E-state index < -0.39 is 28.0 Å². The molecule has 0 aromatic carbocycles. The van der Waals surface area contributed by atoms with Crippen LogP contribution in [0, 0.1) is 0 Å². The van der Waals surface area contributed by atoms with E-state index in [0.29, 0.717) is 6.42 Å². The van der Waals surface area contributed by atoms with Gasteiger partial charge in [0.05, 0.1) is 17.9 Å². The van der Waals surface area contributed by atoms with Crippen LogP contribution in [0.1, 0.15) is 200 Å². The molecule has 1 amide bonds. The molecule has 6 nitrogen and oxygen atoms in total. The summed E-state index contributed by atoms with van der Waals surface area (Å²) in [6, 6.07) is -1.08.